The highest BCUT2D eigenvalue weighted by Gasteiger charge is 2.07. The fourth-order valence-corrected chi connectivity index (χ4v) is 3.19. The molecule has 0 amide bonds. The first kappa shape index (κ1) is 21.2. The van der Waals surface area contributed by atoms with Gasteiger partial charge < -0.3 is 24.7 Å². The summed E-state index contributed by atoms with van der Waals surface area (Å²) in [6.07, 6.45) is 3.83. The summed E-state index contributed by atoms with van der Waals surface area (Å²) in [5.74, 6) is 3.28. The third kappa shape index (κ3) is 5.53. The molecule has 30 heavy (non-hydrogen) atoms. The van der Waals surface area contributed by atoms with Crippen molar-refractivity contribution in [2.75, 3.05) is 21.3 Å². The predicted octanol–water partition coefficient (Wildman–Crippen LogP) is 3.12. The molecule has 1 aromatic heterocycles. The van der Waals surface area contributed by atoms with Gasteiger partial charge in [-0.05, 0) is 30.2 Å². The van der Waals surface area contributed by atoms with Crippen molar-refractivity contribution in [3.05, 3.63) is 77.4 Å². The van der Waals surface area contributed by atoms with Crippen LogP contribution in [0.15, 0.2) is 59.9 Å². The standard InChI is InChI=1S/C23H29N5O2/c1-17-25-10-11-28(17)16-19-7-5-6-18(12-19)14-26-23(24-2)27-15-20-8-9-21(29-3)13-22(20)30-4/h5-13H,14-16H2,1-4H3,(H2,24,26,27). The van der Waals surface area contributed by atoms with Crippen LogP contribution in [0.5, 0.6) is 11.5 Å². The van der Waals surface area contributed by atoms with Crippen LogP contribution >= 0.6 is 0 Å². The van der Waals surface area contributed by atoms with Crippen LogP contribution in [0.1, 0.15) is 22.5 Å². The van der Waals surface area contributed by atoms with Crippen LogP contribution in [0.25, 0.3) is 0 Å². The Morgan fingerprint density at radius 3 is 2.53 bits per heavy atom. The molecule has 158 valence electrons. The molecule has 1 heterocycles. The predicted molar refractivity (Wildman–Crippen MR) is 119 cm³/mol. The second-order valence-corrected chi connectivity index (χ2v) is 6.88. The van der Waals surface area contributed by atoms with Gasteiger partial charge in [0.2, 0.25) is 0 Å². The molecule has 0 atom stereocenters. The van der Waals surface area contributed by atoms with Crippen LogP contribution in [0.2, 0.25) is 0 Å². The molecule has 0 aliphatic carbocycles. The lowest BCUT2D eigenvalue weighted by atomic mass is 10.1. The van der Waals surface area contributed by atoms with Gasteiger partial charge in [-0.1, -0.05) is 24.3 Å². The number of aromatic nitrogens is 2. The average molecular weight is 408 g/mol. The van der Waals surface area contributed by atoms with E-state index < -0.39 is 0 Å². The van der Waals surface area contributed by atoms with Crippen molar-refractivity contribution in [1.29, 1.82) is 0 Å². The topological polar surface area (TPSA) is 72.7 Å². The first-order chi connectivity index (χ1) is 14.6. The highest BCUT2D eigenvalue weighted by Crippen LogP contribution is 2.24. The Morgan fingerprint density at radius 1 is 1.03 bits per heavy atom. The van der Waals surface area contributed by atoms with Gasteiger partial charge in [-0.3, -0.25) is 4.99 Å². The molecule has 0 spiro atoms. The van der Waals surface area contributed by atoms with Gasteiger partial charge in [0, 0.05) is 50.7 Å². The van der Waals surface area contributed by atoms with Crippen LogP contribution in [0.3, 0.4) is 0 Å². The Balaban J connectivity index is 1.57. The minimum Gasteiger partial charge on any atom is -0.497 e. The van der Waals surface area contributed by atoms with Gasteiger partial charge in [0.15, 0.2) is 5.96 Å². The van der Waals surface area contributed by atoms with E-state index in [1.165, 1.54) is 11.1 Å². The molecule has 2 N–H and O–H groups in total. The summed E-state index contributed by atoms with van der Waals surface area (Å²) in [4.78, 5) is 8.60. The van der Waals surface area contributed by atoms with E-state index >= 15 is 0 Å². The maximum absolute atomic E-state index is 5.46. The fraction of sp³-hybridized carbons (Fsp3) is 0.304. The smallest absolute Gasteiger partial charge is 0.191 e. The van der Waals surface area contributed by atoms with E-state index in [0.717, 1.165) is 35.4 Å². The lowest BCUT2D eigenvalue weighted by Crippen LogP contribution is -2.36. The molecule has 3 rings (SSSR count). The van der Waals surface area contributed by atoms with Crippen molar-refractivity contribution in [1.82, 2.24) is 20.2 Å². The fourth-order valence-electron chi connectivity index (χ4n) is 3.19. The van der Waals surface area contributed by atoms with Crippen LogP contribution in [-0.2, 0) is 19.6 Å². The van der Waals surface area contributed by atoms with Crippen molar-refractivity contribution in [3.8, 4) is 11.5 Å². The average Bonchev–Trinajstić information content (AvgIpc) is 3.18. The Kier molecular flexibility index (Phi) is 7.32. The summed E-state index contributed by atoms with van der Waals surface area (Å²) in [5, 5.41) is 6.70. The molecule has 0 unspecified atom stereocenters. The normalized spacial score (nSPS) is 11.3. The molecule has 0 saturated heterocycles. The Bertz CT molecular complexity index is 997. The number of aryl methyl sites for hydroxylation is 1. The van der Waals surface area contributed by atoms with E-state index in [9.17, 15) is 0 Å². The SMILES string of the molecule is CN=C(NCc1cccc(Cn2ccnc2C)c1)NCc1ccc(OC)cc1OC. The maximum Gasteiger partial charge on any atom is 0.191 e. The van der Waals surface area contributed by atoms with Gasteiger partial charge in [0.25, 0.3) is 0 Å². The molecule has 0 bridgehead atoms. The van der Waals surface area contributed by atoms with E-state index in [0.29, 0.717) is 13.1 Å². The number of benzene rings is 2. The number of rotatable bonds is 8. The molecule has 7 nitrogen and oxygen atoms in total. The zero-order chi connectivity index (χ0) is 21.3. The van der Waals surface area contributed by atoms with Crippen molar-refractivity contribution in [2.45, 2.75) is 26.6 Å². The van der Waals surface area contributed by atoms with Crippen molar-refractivity contribution >= 4 is 5.96 Å². The highest BCUT2D eigenvalue weighted by molar-refractivity contribution is 5.79. The van der Waals surface area contributed by atoms with Gasteiger partial charge >= 0.3 is 0 Å². The number of nitrogens with one attached hydrogen (secondary N) is 2. The maximum atomic E-state index is 5.46. The first-order valence-electron chi connectivity index (χ1n) is 9.84. The molecule has 0 fully saturated rings. The summed E-state index contributed by atoms with van der Waals surface area (Å²) in [5.41, 5.74) is 3.45. The van der Waals surface area contributed by atoms with Crippen molar-refractivity contribution in [3.63, 3.8) is 0 Å². The third-order valence-electron chi connectivity index (χ3n) is 4.89. The lowest BCUT2D eigenvalue weighted by Gasteiger charge is -2.15. The Labute approximate surface area is 177 Å². The van der Waals surface area contributed by atoms with E-state index in [1.54, 1.807) is 21.3 Å². The number of nitrogens with zero attached hydrogens (tertiary/aromatic N) is 3. The molecule has 7 heteroatoms. The van der Waals surface area contributed by atoms with Gasteiger partial charge in [-0.25, -0.2) is 4.98 Å². The minimum absolute atomic E-state index is 0.590. The van der Waals surface area contributed by atoms with Crippen LogP contribution < -0.4 is 20.1 Å². The van der Waals surface area contributed by atoms with Gasteiger partial charge in [-0.15, -0.1) is 0 Å². The van der Waals surface area contributed by atoms with E-state index in [1.807, 2.05) is 37.5 Å². The van der Waals surface area contributed by atoms with E-state index in [4.69, 9.17) is 9.47 Å². The molecular weight excluding hydrogens is 378 g/mol. The van der Waals surface area contributed by atoms with Crippen molar-refractivity contribution < 1.29 is 9.47 Å². The molecule has 0 radical (unpaired) electrons. The number of methoxy groups -OCH3 is 2. The lowest BCUT2D eigenvalue weighted by molar-refractivity contribution is 0.390. The van der Waals surface area contributed by atoms with Crippen molar-refractivity contribution in [2.24, 2.45) is 4.99 Å². The van der Waals surface area contributed by atoms with Crippen LogP contribution in [0.4, 0.5) is 0 Å². The van der Waals surface area contributed by atoms with E-state index in [-0.39, 0.29) is 0 Å². The Morgan fingerprint density at radius 2 is 1.83 bits per heavy atom. The van der Waals surface area contributed by atoms with Gasteiger partial charge in [0.05, 0.1) is 14.2 Å². The number of ether oxygens (including phenoxy) is 2. The highest BCUT2D eigenvalue weighted by atomic mass is 16.5. The summed E-state index contributed by atoms with van der Waals surface area (Å²) in [6, 6.07) is 14.3. The van der Waals surface area contributed by atoms with Crippen LogP contribution in [0, 0.1) is 6.92 Å². The number of hydrogen-bond donors (Lipinski definition) is 2. The number of hydrogen-bond acceptors (Lipinski definition) is 4. The largest absolute Gasteiger partial charge is 0.497 e. The van der Waals surface area contributed by atoms with E-state index in [2.05, 4.69) is 49.4 Å². The second kappa shape index (κ2) is 10.3. The zero-order valence-corrected chi connectivity index (χ0v) is 18.0. The summed E-state index contributed by atoms with van der Waals surface area (Å²) < 4.78 is 12.8. The molecule has 0 saturated carbocycles. The first-order valence-corrected chi connectivity index (χ1v) is 9.84. The van der Waals surface area contributed by atoms with Crippen LogP contribution in [-0.4, -0.2) is 36.8 Å². The monoisotopic (exact) mass is 407 g/mol. The van der Waals surface area contributed by atoms with Gasteiger partial charge in [0.1, 0.15) is 17.3 Å². The number of imidazole rings is 1. The quantitative estimate of drug-likeness (QED) is 0.443. The molecular formula is C23H29N5O2. The molecule has 2 aromatic carbocycles. The molecule has 0 aliphatic heterocycles. The second-order valence-electron chi connectivity index (χ2n) is 6.88. The number of guanidine groups is 1. The molecule has 3 aromatic rings. The molecule has 0 aliphatic rings. The summed E-state index contributed by atoms with van der Waals surface area (Å²) in [7, 11) is 5.06. The van der Waals surface area contributed by atoms with Gasteiger partial charge in [-0.2, -0.15) is 0 Å². The minimum atomic E-state index is 0.590. The summed E-state index contributed by atoms with van der Waals surface area (Å²) in [6.45, 7) is 4.09. The Hall–Kier alpha value is -3.48. The zero-order valence-electron chi connectivity index (χ0n) is 18.0. The summed E-state index contributed by atoms with van der Waals surface area (Å²) >= 11 is 0. The number of aliphatic imine (C=N–C) groups is 1. The third-order valence-corrected chi connectivity index (χ3v) is 4.89.